The van der Waals surface area contributed by atoms with Crippen molar-refractivity contribution in [2.24, 2.45) is 0 Å². The first-order chi connectivity index (χ1) is 11.3. The molecule has 0 spiro atoms. The lowest BCUT2D eigenvalue weighted by Crippen LogP contribution is -2.28. The second-order valence-electron chi connectivity index (χ2n) is 5.47. The molecule has 0 bridgehead atoms. The molecule has 0 radical (unpaired) electrons. The van der Waals surface area contributed by atoms with Crippen LogP contribution in [0.2, 0.25) is 0 Å². The molecule has 1 amide bonds. The Morgan fingerprint density at radius 2 is 1.88 bits per heavy atom. The fourth-order valence-electron chi connectivity index (χ4n) is 2.21. The summed E-state index contributed by atoms with van der Waals surface area (Å²) in [5.74, 6) is 0.00176. The van der Waals surface area contributed by atoms with Gasteiger partial charge in [-0.25, -0.2) is 0 Å². The van der Waals surface area contributed by atoms with Gasteiger partial charge < -0.3 is 5.32 Å². The molecule has 24 heavy (non-hydrogen) atoms. The van der Waals surface area contributed by atoms with Crippen LogP contribution in [-0.4, -0.2) is 11.7 Å². The Labute approximate surface area is 143 Å². The van der Waals surface area contributed by atoms with Crippen LogP contribution in [-0.2, 0) is 11.0 Å². The highest BCUT2D eigenvalue weighted by atomic mass is 32.2. The number of carbonyl (C=O) groups excluding carboxylic acids is 1. The summed E-state index contributed by atoms with van der Waals surface area (Å²) in [6.07, 6.45) is -4.39. The first kappa shape index (κ1) is 18.4. The Kier molecular flexibility index (Phi) is 5.94. The van der Waals surface area contributed by atoms with E-state index in [1.807, 2.05) is 31.2 Å². The van der Waals surface area contributed by atoms with Crippen LogP contribution in [0.25, 0.3) is 0 Å². The zero-order chi connectivity index (χ0) is 17.7. The van der Waals surface area contributed by atoms with E-state index in [0.717, 1.165) is 22.6 Å². The molecular weight excluding hydrogens is 335 g/mol. The van der Waals surface area contributed by atoms with Gasteiger partial charge in [0.05, 0.1) is 17.4 Å². The molecule has 2 nitrogen and oxygen atoms in total. The molecule has 0 heterocycles. The van der Waals surface area contributed by atoms with Crippen molar-refractivity contribution in [2.45, 2.75) is 31.0 Å². The van der Waals surface area contributed by atoms with Gasteiger partial charge in [-0.1, -0.05) is 30.3 Å². The average molecular weight is 353 g/mol. The monoisotopic (exact) mass is 353 g/mol. The minimum absolute atomic E-state index is 0.215. The maximum absolute atomic E-state index is 12.7. The number of carbonyl (C=O) groups is 1. The molecule has 6 heteroatoms. The van der Waals surface area contributed by atoms with Gasteiger partial charge in [-0.3, -0.25) is 4.79 Å². The van der Waals surface area contributed by atoms with Crippen molar-refractivity contribution in [3.63, 3.8) is 0 Å². The lowest BCUT2D eigenvalue weighted by molar-refractivity contribution is -0.137. The third kappa shape index (κ3) is 5.03. The van der Waals surface area contributed by atoms with E-state index < -0.39 is 17.8 Å². The number of benzene rings is 2. The number of aryl methyl sites for hydroxylation is 1. The molecule has 1 N–H and O–H groups in total. The van der Waals surface area contributed by atoms with Gasteiger partial charge in [-0.05, 0) is 43.2 Å². The van der Waals surface area contributed by atoms with Crippen LogP contribution < -0.4 is 5.32 Å². The van der Waals surface area contributed by atoms with Gasteiger partial charge in [-0.15, -0.1) is 11.8 Å². The van der Waals surface area contributed by atoms with Crippen LogP contribution in [0.4, 0.5) is 13.2 Å². The van der Waals surface area contributed by atoms with E-state index in [-0.39, 0.29) is 11.7 Å². The summed E-state index contributed by atoms with van der Waals surface area (Å²) in [6, 6.07) is 12.3. The number of halogens is 3. The highest BCUT2D eigenvalue weighted by molar-refractivity contribution is 8.00. The summed E-state index contributed by atoms with van der Waals surface area (Å²) in [5.41, 5.74) is 0.802. The van der Waals surface area contributed by atoms with Gasteiger partial charge >= 0.3 is 6.18 Å². The molecule has 2 aromatic rings. The number of nitrogens with one attached hydrogen (secondary N) is 1. The van der Waals surface area contributed by atoms with Gasteiger partial charge in [0.25, 0.3) is 0 Å². The topological polar surface area (TPSA) is 29.1 Å². The van der Waals surface area contributed by atoms with E-state index in [0.29, 0.717) is 5.56 Å². The molecule has 0 aliphatic rings. The van der Waals surface area contributed by atoms with Crippen molar-refractivity contribution in [3.8, 4) is 0 Å². The smallest absolute Gasteiger partial charge is 0.349 e. The number of hydrogen-bond donors (Lipinski definition) is 1. The minimum Gasteiger partial charge on any atom is -0.349 e. The molecule has 0 saturated heterocycles. The molecule has 1 atom stereocenters. The average Bonchev–Trinajstić information content (AvgIpc) is 2.53. The highest BCUT2D eigenvalue weighted by Gasteiger charge is 2.30. The van der Waals surface area contributed by atoms with Gasteiger partial charge in [0, 0.05) is 4.90 Å². The summed E-state index contributed by atoms with van der Waals surface area (Å²) < 4.78 is 38.2. The SMILES string of the molecule is Cc1ccccc1SCC(=O)NC(C)c1cccc(C(F)(F)F)c1. The molecule has 0 aromatic heterocycles. The van der Waals surface area contributed by atoms with Crippen LogP contribution in [0.1, 0.15) is 29.7 Å². The van der Waals surface area contributed by atoms with Crippen molar-refractivity contribution >= 4 is 17.7 Å². The molecule has 0 fully saturated rings. The van der Waals surface area contributed by atoms with E-state index >= 15 is 0 Å². The fraction of sp³-hybridized carbons (Fsp3) is 0.278. The van der Waals surface area contributed by atoms with Crippen molar-refractivity contribution in [1.82, 2.24) is 5.32 Å². The van der Waals surface area contributed by atoms with Gasteiger partial charge in [0.15, 0.2) is 0 Å². The van der Waals surface area contributed by atoms with Gasteiger partial charge in [-0.2, -0.15) is 13.2 Å². The number of thioether (sulfide) groups is 1. The second kappa shape index (κ2) is 7.75. The second-order valence-corrected chi connectivity index (χ2v) is 6.48. The Morgan fingerprint density at radius 3 is 2.54 bits per heavy atom. The van der Waals surface area contributed by atoms with Crippen molar-refractivity contribution in [3.05, 3.63) is 65.2 Å². The first-order valence-electron chi connectivity index (χ1n) is 7.42. The maximum Gasteiger partial charge on any atom is 0.416 e. The molecule has 2 rings (SSSR count). The van der Waals surface area contributed by atoms with Gasteiger partial charge in [0.2, 0.25) is 5.91 Å². The normalized spacial score (nSPS) is 12.7. The Bertz CT molecular complexity index is 715. The highest BCUT2D eigenvalue weighted by Crippen LogP contribution is 2.30. The summed E-state index contributed by atoms with van der Waals surface area (Å²) in [5, 5.41) is 2.74. The maximum atomic E-state index is 12.7. The molecular formula is C18H18F3NOS. The van der Waals surface area contributed by atoms with Crippen LogP contribution in [0.3, 0.4) is 0 Å². The van der Waals surface area contributed by atoms with Crippen molar-refractivity contribution < 1.29 is 18.0 Å². The largest absolute Gasteiger partial charge is 0.416 e. The molecule has 0 aliphatic heterocycles. The zero-order valence-electron chi connectivity index (χ0n) is 13.4. The summed E-state index contributed by atoms with van der Waals surface area (Å²) in [4.78, 5) is 13.1. The van der Waals surface area contributed by atoms with Crippen LogP contribution in [0.5, 0.6) is 0 Å². The summed E-state index contributed by atoms with van der Waals surface area (Å²) in [7, 11) is 0. The Balaban J connectivity index is 1.95. The predicted molar refractivity (Wildman–Crippen MR) is 89.9 cm³/mol. The van der Waals surface area contributed by atoms with E-state index in [1.165, 1.54) is 17.8 Å². The molecule has 0 saturated carbocycles. The molecule has 128 valence electrons. The van der Waals surface area contributed by atoms with Crippen LogP contribution in [0.15, 0.2) is 53.4 Å². The quantitative estimate of drug-likeness (QED) is 0.768. The zero-order valence-corrected chi connectivity index (χ0v) is 14.2. The lowest BCUT2D eigenvalue weighted by atomic mass is 10.0. The van der Waals surface area contributed by atoms with Crippen molar-refractivity contribution in [1.29, 1.82) is 0 Å². The number of alkyl halides is 3. The number of rotatable bonds is 5. The van der Waals surface area contributed by atoms with Crippen LogP contribution in [0, 0.1) is 6.92 Å². The Hall–Kier alpha value is -1.95. The van der Waals surface area contributed by atoms with Gasteiger partial charge in [0.1, 0.15) is 0 Å². The fourth-order valence-corrected chi connectivity index (χ4v) is 3.05. The van der Waals surface area contributed by atoms with E-state index in [2.05, 4.69) is 5.32 Å². The summed E-state index contributed by atoms with van der Waals surface area (Å²) >= 11 is 1.41. The van der Waals surface area contributed by atoms with E-state index in [1.54, 1.807) is 13.0 Å². The molecule has 1 unspecified atom stereocenters. The standard InChI is InChI=1S/C18H18F3NOS/c1-12-6-3-4-9-16(12)24-11-17(23)22-13(2)14-7-5-8-15(10-14)18(19,20)21/h3-10,13H,11H2,1-2H3,(H,22,23). The predicted octanol–water partition coefficient (Wildman–Crippen LogP) is 4.98. The molecule has 2 aromatic carbocycles. The van der Waals surface area contributed by atoms with E-state index in [9.17, 15) is 18.0 Å². The molecule has 0 aliphatic carbocycles. The summed E-state index contributed by atoms with van der Waals surface area (Å²) in [6.45, 7) is 3.64. The van der Waals surface area contributed by atoms with Crippen LogP contribution >= 0.6 is 11.8 Å². The third-order valence-corrected chi connectivity index (χ3v) is 4.72. The van der Waals surface area contributed by atoms with Crippen molar-refractivity contribution in [2.75, 3.05) is 5.75 Å². The number of amides is 1. The number of hydrogen-bond acceptors (Lipinski definition) is 2. The third-order valence-electron chi connectivity index (χ3n) is 3.54. The lowest BCUT2D eigenvalue weighted by Gasteiger charge is -2.16. The first-order valence-corrected chi connectivity index (χ1v) is 8.41. The minimum atomic E-state index is -4.39. The Morgan fingerprint density at radius 1 is 1.17 bits per heavy atom. The van der Waals surface area contributed by atoms with E-state index in [4.69, 9.17) is 0 Å².